The van der Waals surface area contributed by atoms with E-state index in [1.54, 1.807) is 4.90 Å². The number of carbonyl (C=O) groups is 3. The third-order valence-corrected chi connectivity index (χ3v) is 8.31. The Kier molecular flexibility index (Phi) is 9.31. The minimum Gasteiger partial charge on any atom is -0.364 e. The van der Waals surface area contributed by atoms with E-state index >= 15 is 0 Å². The molecule has 2 aromatic rings. The van der Waals surface area contributed by atoms with E-state index in [4.69, 9.17) is 11.0 Å². The van der Waals surface area contributed by atoms with Gasteiger partial charge in [0.25, 0.3) is 5.91 Å². The molecule has 3 fully saturated rings. The second-order valence-electron chi connectivity index (χ2n) is 11.2. The van der Waals surface area contributed by atoms with Crippen LogP contribution in [0.15, 0.2) is 24.3 Å². The van der Waals surface area contributed by atoms with E-state index in [2.05, 4.69) is 25.8 Å². The first kappa shape index (κ1) is 29.0. The molecule has 0 aliphatic carbocycles. The summed E-state index contributed by atoms with van der Waals surface area (Å²) in [4.78, 5) is 47.1. The third kappa shape index (κ3) is 7.05. The summed E-state index contributed by atoms with van der Waals surface area (Å²) in [6.07, 6.45) is 6.58. The number of aromatic nitrogens is 3. The minimum absolute atomic E-state index is 0.0199. The van der Waals surface area contributed by atoms with Gasteiger partial charge in [0.05, 0.1) is 6.07 Å². The number of nitriles is 1. The van der Waals surface area contributed by atoms with Gasteiger partial charge in [0.1, 0.15) is 6.42 Å². The smallest absolute Gasteiger partial charge is 0.317 e. The van der Waals surface area contributed by atoms with Crippen molar-refractivity contribution in [2.24, 2.45) is 5.73 Å². The Hall–Kier alpha value is -4.47. The predicted molar refractivity (Wildman–Crippen MR) is 156 cm³/mol. The molecule has 4 heterocycles. The van der Waals surface area contributed by atoms with Gasteiger partial charge < -0.3 is 31.1 Å². The molecule has 3 aliphatic rings. The molecule has 13 heteroatoms. The molecule has 3 aliphatic heterocycles. The van der Waals surface area contributed by atoms with Gasteiger partial charge in [0.2, 0.25) is 11.9 Å². The second-order valence-corrected chi connectivity index (χ2v) is 11.2. The van der Waals surface area contributed by atoms with Gasteiger partial charge in [0.15, 0.2) is 11.5 Å². The number of likely N-dealkylation sites (tertiary alicyclic amines) is 2. The topological polar surface area (TPSA) is 173 Å². The van der Waals surface area contributed by atoms with Gasteiger partial charge in [-0.15, -0.1) is 10.2 Å². The van der Waals surface area contributed by atoms with Gasteiger partial charge in [0, 0.05) is 51.0 Å². The van der Waals surface area contributed by atoms with Crippen molar-refractivity contribution >= 4 is 35.3 Å². The Balaban J connectivity index is 1.22. The Morgan fingerprint density at radius 2 is 1.67 bits per heavy atom. The van der Waals surface area contributed by atoms with E-state index < -0.39 is 5.91 Å². The minimum atomic E-state index is -0.733. The number of nitrogens with zero attached hydrogens (tertiary/aromatic N) is 7. The third-order valence-electron chi connectivity index (χ3n) is 8.31. The number of anilines is 3. The number of rotatable bonds is 7. The van der Waals surface area contributed by atoms with Gasteiger partial charge in [-0.1, -0.05) is 12.1 Å². The Labute approximate surface area is 245 Å². The molecule has 0 saturated carbocycles. The van der Waals surface area contributed by atoms with Crippen LogP contribution in [0, 0.1) is 11.3 Å². The van der Waals surface area contributed by atoms with Crippen LogP contribution < -0.4 is 21.3 Å². The molecule has 0 radical (unpaired) electrons. The molecule has 5 rings (SSSR count). The lowest BCUT2D eigenvalue weighted by molar-refractivity contribution is -0.131. The Bertz CT molecular complexity index is 1310. The molecule has 1 aromatic carbocycles. The van der Waals surface area contributed by atoms with Crippen LogP contribution in [-0.2, 0) is 4.79 Å². The van der Waals surface area contributed by atoms with Crippen molar-refractivity contribution in [2.45, 2.75) is 63.3 Å². The maximum atomic E-state index is 12.7. The van der Waals surface area contributed by atoms with Crippen LogP contribution in [-0.4, -0.2) is 88.1 Å². The molecule has 4 amide bonds. The van der Waals surface area contributed by atoms with Gasteiger partial charge in [-0.05, 0) is 68.6 Å². The summed E-state index contributed by atoms with van der Waals surface area (Å²) in [6.45, 7) is 4.13. The number of amides is 4. The molecule has 222 valence electrons. The highest BCUT2D eigenvalue weighted by Crippen LogP contribution is 2.30. The van der Waals surface area contributed by atoms with Crippen molar-refractivity contribution < 1.29 is 14.4 Å². The van der Waals surface area contributed by atoms with Gasteiger partial charge in [-0.25, -0.2) is 4.79 Å². The van der Waals surface area contributed by atoms with E-state index in [-0.39, 0.29) is 35.9 Å². The summed E-state index contributed by atoms with van der Waals surface area (Å²) in [6, 6.07) is 9.76. The molecule has 13 nitrogen and oxygen atoms in total. The second kappa shape index (κ2) is 13.5. The van der Waals surface area contributed by atoms with Crippen molar-refractivity contribution in [3.63, 3.8) is 0 Å². The Morgan fingerprint density at radius 3 is 2.36 bits per heavy atom. The number of benzene rings is 1. The highest BCUT2D eigenvalue weighted by atomic mass is 16.2. The van der Waals surface area contributed by atoms with Crippen molar-refractivity contribution in [1.29, 1.82) is 5.26 Å². The van der Waals surface area contributed by atoms with Crippen LogP contribution in [0.4, 0.5) is 22.2 Å². The van der Waals surface area contributed by atoms with E-state index in [0.29, 0.717) is 38.0 Å². The summed E-state index contributed by atoms with van der Waals surface area (Å²) >= 11 is 0. The maximum absolute atomic E-state index is 12.7. The largest absolute Gasteiger partial charge is 0.364 e. The summed E-state index contributed by atoms with van der Waals surface area (Å²) < 4.78 is 0. The SMILES string of the molecule is N#CCC(=O)N1CCC(c2ccc(Nc3nc(N4CCCC(NC(=O)N5CCCCC5)C4)nnc3C(N)=O)cc2)CC1. The maximum Gasteiger partial charge on any atom is 0.317 e. The quantitative estimate of drug-likeness (QED) is 0.449. The fraction of sp³-hybridized carbons (Fsp3) is 0.552. The van der Waals surface area contributed by atoms with Crippen LogP contribution in [0.1, 0.15) is 73.3 Å². The molecule has 1 aromatic heterocycles. The van der Waals surface area contributed by atoms with E-state index in [9.17, 15) is 14.4 Å². The number of piperidine rings is 3. The number of hydrogen-bond donors (Lipinski definition) is 3. The molecular formula is C29H38N10O3. The lowest BCUT2D eigenvalue weighted by Gasteiger charge is -2.35. The monoisotopic (exact) mass is 574 g/mol. The zero-order valence-corrected chi connectivity index (χ0v) is 23.8. The van der Waals surface area contributed by atoms with Crippen molar-refractivity contribution in [1.82, 2.24) is 30.3 Å². The lowest BCUT2D eigenvalue weighted by atomic mass is 9.89. The van der Waals surface area contributed by atoms with Crippen molar-refractivity contribution in [3.05, 3.63) is 35.5 Å². The predicted octanol–water partition coefficient (Wildman–Crippen LogP) is 2.50. The highest BCUT2D eigenvalue weighted by Gasteiger charge is 2.27. The molecule has 42 heavy (non-hydrogen) atoms. The number of hydrogen-bond acceptors (Lipinski definition) is 9. The number of carbonyl (C=O) groups excluding carboxylic acids is 3. The summed E-state index contributed by atoms with van der Waals surface area (Å²) in [7, 11) is 0. The van der Waals surface area contributed by atoms with Gasteiger partial charge in [-0.2, -0.15) is 10.2 Å². The van der Waals surface area contributed by atoms with E-state index in [1.807, 2.05) is 40.1 Å². The number of nitrogens with two attached hydrogens (primary N) is 1. The zero-order chi connectivity index (χ0) is 29.5. The Morgan fingerprint density at radius 1 is 0.929 bits per heavy atom. The van der Waals surface area contributed by atoms with Crippen LogP contribution in [0.3, 0.4) is 0 Å². The first-order valence-corrected chi connectivity index (χ1v) is 14.8. The average Bonchev–Trinajstić information content (AvgIpc) is 3.02. The van der Waals surface area contributed by atoms with E-state index in [0.717, 1.165) is 62.9 Å². The molecule has 1 atom stereocenters. The van der Waals surface area contributed by atoms with E-state index in [1.165, 1.54) is 6.42 Å². The normalized spacial score (nSPS) is 19.6. The fourth-order valence-electron chi connectivity index (χ4n) is 5.96. The van der Waals surface area contributed by atoms with Crippen LogP contribution >= 0.6 is 0 Å². The van der Waals surface area contributed by atoms with Crippen LogP contribution in [0.2, 0.25) is 0 Å². The first-order chi connectivity index (χ1) is 20.4. The lowest BCUT2D eigenvalue weighted by Crippen LogP contribution is -2.52. The molecule has 3 saturated heterocycles. The van der Waals surface area contributed by atoms with Crippen molar-refractivity contribution in [2.75, 3.05) is 49.5 Å². The summed E-state index contributed by atoms with van der Waals surface area (Å²) in [5, 5.41) is 23.4. The van der Waals surface area contributed by atoms with Gasteiger partial charge in [-0.3, -0.25) is 9.59 Å². The zero-order valence-electron chi connectivity index (χ0n) is 23.8. The summed E-state index contributed by atoms with van der Waals surface area (Å²) in [5.74, 6) is 0.0727. The van der Waals surface area contributed by atoms with Gasteiger partial charge >= 0.3 is 6.03 Å². The highest BCUT2D eigenvalue weighted by molar-refractivity contribution is 5.96. The first-order valence-electron chi connectivity index (χ1n) is 14.8. The molecule has 0 spiro atoms. The number of nitrogens with one attached hydrogen (secondary N) is 2. The number of urea groups is 1. The fourth-order valence-corrected chi connectivity index (χ4v) is 5.96. The average molecular weight is 575 g/mol. The van der Waals surface area contributed by atoms with Crippen LogP contribution in [0.25, 0.3) is 0 Å². The number of primary amides is 1. The van der Waals surface area contributed by atoms with Crippen LogP contribution in [0.5, 0.6) is 0 Å². The molecule has 1 unspecified atom stereocenters. The standard InChI is InChI=1S/C29H38N10O3/c30-13-10-24(40)37-17-11-21(12-18-37)20-6-8-22(9-7-20)32-27-25(26(31)41)35-36-28(34-27)39-16-4-5-23(19-39)33-29(42)38-14-2-1-3-15-38/h6-9,21,23H,1-5,10-12,14-19H2,(H2,31,41)(H,33,42)(H,32,34,36). The molecule has 0 bridgehead atoms. The summed E-state index contributed by atoms with van der Waals surface area (Å²) in [5.41, 5.74) is 7.42. The van der Waals surface area contributed by atoms with Crippen molar-refractivity contribution in [3.8, 4) is 6.07 Å². The molecule has 4 N–H and O–H groups in total. The molecular weight excluding hydrogens is 536 g/mol.